The second-order valence-electron chi connectivity index (χ2n) is 9.53. The summed E-state index contributed by atoms with van der Waals surface area (Å²) >= 11 is 0. The van der Waals surface area contributed by atoms with E-state index < -0.39 is 0 Å². The molecule has 0 saturated carbocycles. The first kappa shape index (κ1) is 26.4. The highest BCUT2D eigenvalue weighted by Crippen LogP contribution is 2.17. The Kier molecular flexibility index (Phi) is 12.5. The largest absolute Gasteiger partial charge is 0.467 e. The minimum Gasteiger partial charge on any atom is -0.467 e. The van der Waals surface area contributed by atoms with Crippen LogP contribution in [0.4, 0.5) is 0 Å². The summed E-state index contributed by atoms with van der Waals surface area (Å²) in [6.45, 7) is 8.84. The maximum absolute atomic E-state index is 13.3. The Bertz CT molecular complexity index is 638. The van der Waals surface area contributed by atoms with E-state index in [1.807, 2.05) is 12.1 Å². The highest BCUT2D eigenvalue weighted by atomic mass is 16.5. The van der Waals surface area contributed by atoms with Crippen molar-refractivity contribution in [3.8, 4) is 0 Å². The number of hydrogen-bond acceptors (Lipinski definition) is 4. The third-order valence-corrected chi connectivity index (χ3v) is 5.99. The van der Waals surface area contributed by atoms with Gasteiger partial charge in [-0.05, 0) is 37.3 Å². The number of amides is 2. The molecule has 1 unspecified atom stereocenters. The first-order valence-electron chi connectivity index (χ1n) is 12.7. The molecule has 182 valence electrons. The van der Waals surface area contributed by atoms with Crippen LogP contribution in [0.15, 0.2) is 22.8 Å². The van der Waals surface area contributed by atoms with Crippen LogP contribution in [0.3, 0.4) is 0 Å². The van der Waals surface area contributed by atoms with E-state index in [9.17, 15) is 9.59 Å². The summed E-state index contributed by atoms with van der Waals surface area (Å²) in [5.41, 5.74) is 0. The molecule has 1 aromatic rings. The number of unbranched alkanes of at least 4 members (excludes halogenated alkanes) is 6. The molecule has 1 aliphatic rings. The Hall–Kier alpha value is -1.82. The predicted molar refractivity (Wildman–Crippen MR) is 127 cm³/mol. The number of rotatable bonds is 16. The molecule has 0 aromatic carbocycles. The predicted octanol–water partition coefficient (Wildman–Crippen LogP) is 5.41. The van der Waals surface area contributed by atoms with Gasteiger partial charge in [0, 0.05) is 26.1 Å². The number of furan rings is 1. The van der Waals surface area contributed by atoms with E-state index in [1.54, 1.807) is 16.1 Å². The standard InChI is InChI=1S/C26H44N2O4/c1-4-5-6-7-8-9-10-15-25(29)27(18-22(2)3)21-26(30)28(19-23-13-11-16-31-23)20-24-14-12-17-32-24/h11,13,16,22,24H,4-10,12,14-15,17-21H2,1-3H3. The third kappa shape index (κ3) is 10.2. The van der Waals surface area contributed by atoms with Crippen molar-refractivity contribution >= 4 is 11.8 Å². The van der Waals surface area contributed by atoms with Gasteiger partial charge >= 0.3 is 0 Å². The quantitative estimate of drug-likeness (QED) is 0.317. The molecule has 1 aromatic heterocycles. The van der Waals surface area contributed by atoms with Crippen molar-refractivity contribution in [2.24, 2.45) is 5.92 Å². The Labute approximate surface area is 194 Å². The van der Waals surface area contributed by atoms with E-state index in [-0.39, 0.29) is 24.5 Å². The zero-order valence-electron chi connectivity index (χ0n) is 20.5. The Morgan fingerprint density at radius 1 is 1.06 bits per heavy atom. The van der Waals surface area contributed by atoms with Crippen LogP contribution in [0.1, 0.15) is 90.7 Å². The maximum Gasteiger partial charge on any atom is 0.242 e. The van der Waals surface area contributed by atoms with Crippen molar-refractivity contribution in [2.75, 3.05) is 26.2 Å². The summed E-state index contributed by atoms with van der Waals surface area (Å²) in [6.07, 6.45) is 12.5. The van der Waals surface area contributed by atoms with E-state index >= 15 is 0 Å². The summed E-state index contributed by atoms with van der Waals surface area (Å²) in [5, 5.41) is 0. The van der Waals surface area contributed by atoms with Gasteiger partial charge in [-0.15, -0.1) is 0 Å². The molecule has 2 heterocycles. The fourth-order valence-electron chi connectivity index (χ4n) is 4.23. The van der Waals surface area contributed by atoms with Crippen LogP contribution >= 0.6 is 0 Å². The highest BCUT2D eigenvalue weighted by Gasteiger charge is 2.26. The van der Waals surface area contributed by atoms with Crippen molar-refractivity contribution in [1.82, 2.24) is 9.80 Å². The Morgan fingerprint density at radius 3 is 2.44 bits per heavy atom. The molecule has 6 nitrogen and oxygen atoms in total. The van der Waals surface area contributed by atoms with Crippen molar-refractivity contribution in [3.05, 3.63) is 24.2 Å². The first-order valence-corrected chi connectivity index (χ1v) is 12.7. The van der Waals surface area contributed by atoms with E-state index in [2.05, 4.69) is 20.8 Å². The minimum absolute atomic E-state index is 0.0366. The lowest BCUT2D eigenvalue weighted by Gasteiger charge is -2.29. The molecule has 1 aliphatic heterocycles. The van der Waals surface area contributed by atoms with Gasteiger partial charge in [-0.25, -0.2) is 0 Å². The van der Waals surface area contributed by atoms with Gasteiger partial charge in [0.1, 0.15) is 5.76 Å². The van der Waals surface area contributed by atoms with Gasteiger partial charge in [-0.3, -0.25) is 9.59 Å². The van der Waals surface area contributed by atoms with Gasteiger partial charge in [0.25, 0.3) is 0 Å². The van der Waals surface area contributed by atoms with Gasteiger partial charge in [0.15, 0.2) is 0 Å². The average Bonchev–Trinajstić information content (AvgIpc) is 3.46. The molecule has 0 aliphatic carbocycles. The van der Waals surface area contributed by atoms with E-state index in [0.717, 1.165) is 38.1 Å². The molecule has 2 amide bonds. The highest BCUT2D eigenvalue weighted by molar-refractivity contribution is 5.84. The van der Waals surface area contributed by atoms with Gasteiger partial charge in [0.05, 0.1) is 25.5 Å². The van der Waals surface area contributed by atoms with Gasteiger partial charge in [-0.2, -0.15) is 0 Å². The second-order valence-corrected chi connectivity index (χ2v) is 9.53. The van der Waals surface area contributed by atoms with Crippen molar-refractivity contribution in [3.63, 3.8) is 0 Å². The van der Waals surface area contributed by atoms with E-state index in [0.29, 0.717) is 32.0 Å². The number of hydrogen-bond donors (Lipinski definition) is 0. The summed E-state index contributed by atoms with van der Waals surface area (Å²) in [7, 11) is 0. The Balaban J connectivity index is 1.89. The smallest absolute Gasteiger partial charge is 0.242 e. The lowest BCUT2D eigenvalue weighted by atomic mass is 10.1. The first-order chi connectivity index (χ1) is 15.5. The fourth-order valence-corrected chi connectivity index (χ4v) is 4.23. The lowest BCUT2D eigenvalue weighted by molar-refractivity contribution is -0.142. The van der Waals surface area contributed by atoms with E-state index in [1.165, 1.54) is 32.1 Å². The maximum atomic E-state index is 13.3. The second kappa shape index (κ2) is 15.1. The molecule has 0 spiro atoms. The molecule has 6 heteroatoms. The van der Waals surface area contributed by atoms with Gasteiger partial charge in [-0.1, -0.05) is 59.3 Å². The lowest BCUT2D eigenvalue weighted by Crippen LogP contribution is -2.46. The fraction of sp³-hybridized carbons (Fsp3) is 0.769. The average molecular weight is 449 g/mol. The SMILES string of the molecule is CCCCCCCCCC(=O)N(CC(=O)N(Cc1ccco1)CC1CCCO1)CC(C)C. The topological polar surface area (TPSA) is 63.0 Å². The zero-order valence-corrected chi connectivity index (χ0v) is 20.5. The molecule has 0 bridgehead atoms. The van der Waals surface area contributed by atoms with Crippen LogP contribution in [0, 0.1) is 5.92 Å². The van der Waals surface area contributed by atoms with Crippen LogP contribution in [-0.2, 0) is 20.9 Å². The molecular formula is C26H44N2O4. The number of ether oxygens (including phenoxy) is 1. The number of nitrogens with zero attached hydrogens (tertiary/aromatic N) is 2. The number of carbonyl (C=O) groups excluding carboxylic acids is 2. The zero-order chi connectivity index (χ0) is 23.2. The molecule has 0 N–H and O–H groups in total. The molecular weight excluding hydrogens is 404 g/mol. The van der Waals surface area contributed by atoms with Crippen molar-refractivity contribution in [1.29, 1.82) is 0 Å². The van der Waals surface area contributed by atoms with Crippen LogP contribution < -0.4 is 0 Å². The van der Waals surface area contributed by atoms with Crippen LogP contribution in [0.25, 0.3) is 0 Å². The molecule has 0 radical (unpaired) electrons. The van der Waals surface area contributed by atoms with Crippen molar-refractivity contribution < 1.29 is 18.7 Å². The summed E-state index contributed by atoms with van der Waals surface area (Å²) in [4.78, 5) is 29.8. The minimum atomic E-state index is -0.0366. The summed E-state index contributed by atoms with van der Waals surface area (Å²) < 4.78 is 11.2. The third-order valence-electron chi connectivity index (χ3n) is 5.99. The van der Waals surface area contributed by atoms with Gasteiger partial charge in [0.2, 0.25) is 11.8 Å². The monoisotopic (exact) mass is 448 g/mol. The van der Waals surface area contributed by atoms with Crippen LogP contribution in [-0.4, -0.2) is 54.0 Å². The molecule has 1 atom stereocenters. The normalized spacial score (nSPS) is 15.9. The number of carbonyl (C=O) groups is 2. The summed E-state index contributed by atoms with van der Waals surface area (Å²) in [5.74, 6) is 1.12. The van der Waals surface area contributed by atoms with E-state index in [4.69, 9.17) is 9.15 Å². The van der Waals surface area contributed by atoms with Gasteiger partial charge < -0.3 is 19.0 Å². The molecule has 32 heavy (non-hydrogen) atoms. The molecule has 1 saturated heterocycles. The van der Waals surface area contributed by atoms with Crippen LogP contribution in [0.2, 0.25) is 0 Å². The van der Waals surface area contributed by atoms with Crippen LogP contribution in [0.5, 0.6) is 0 Å². The van der Waals surface area contributed by atoms with Crippen molar-refractivity contribution in [2.45, 2.75) is 97.6 Å². The Morgan fingerprint density at radius 2 is 1.81 bits per heavy atom. The molecule has 1 fully saturated rings. The summed E-state index contributed by atoms with van der Waals surface area (Å²) in [6, 6.07) is 3.72. The molecule has 2 rings (SSSR count).